The van der Waals surface area contributed by atoms with Crippen molar-refractivity contribution >= 4 is 17.5 Å². The van der Waals surface area contributed by atoms with E-state index < -0.39 is 6.04 Å². The smallest absolute Gasteiger partial charge is 0.253 e. The number of nitrogens with one attached hydrogen (secondary N) is 1. The zero-order chi connectivity index (χ0) is 20.3. The molecule has 1 amide bonds. The van der Waals surface area contributed by atoms with Gasteiger partial charge in [0.05, 0.1) is 18.7 Å². The van der Waals surface area contributed by atoms with Crippen molar-refractivity contribution in [2.45, 2.75) is 13.0 Å². The molecule has 28 heavy (non-hydrogen) atoms. The summed E-state index contributed by atoms with van der Waals surface area (Å²) in [7, 11) is 3.22. The number of amides is 1. The van der Waals surface area contributed by atoms with Crippen molar-refractivity contribution < 1.29 is 9.53 Å². The number of benzene rings is 2. The number of hydrogen-bond donors (Lipinski definition) is 1. The Kier molecular flexibility index (Phi) is 5.85. The van der Waals surface area contributed by atoms with Gasteiger partial charge in [-0.25, -0.2) is 0 Å². The Morgan fingerprint density at radius 3 is 2.50 bits per heavy atom. The molecule has 144 valence electrons. The van der Waals surface area contributed by atoms with Gasteiger partial charge in [-0.05, 0) is 47.9 Å². The highest BCUT2D eigenvalue weighted by Crippen LogP contribution is 2.32. The fourth-order valence-electron chi connectivity index (χ4n) is 3.07. The maximum atomic E-state index is 12.9. The summed E-state index contributed by atoms with van der Waals surface area (Å²) < 4.78 is 6.66. The van der Waals surface area contributed by atoms with Gasteiger partial charge in [0.25, 0.3) is 5.91 Å². The molecule has 0 bridgehead atoms. The molecule has 0 spiro atoms. The van der Waals surface area contributed by atoms with E-state index in [1.807, 2.05) is 43.3 Å². The first kappa shape index (κ1) is 19.7. The third-order valence-corrected chi connectivity index (χ3v) is 4.97. The maximum Gasteiger partial charge on any atom is 0.253 e. The second kappa shape index (κ2) is 8.31. The summed E-state index contributed by atoms with van der Waals surface area (Å²) in [6.45, 7) is 1.96. The average molecular weight is 397 g/mol. The fraction of sp³-hybridized carbons (Fsp3) is 0.182. The lowest BCUT2D eigenvalue weighted by molar-refractivity contribution is 0.0942. The summed E-state index contributed by atoms with van der Waals surface area (Å²) in [6, 6.07) is 15.5. The van der Waals surface area contributed by atoms with E-state index in [1.54, 1.807) is 20.2 Å². The van der Waals surface area contributed by atoms with E-state index in [0.29, 0.717) is 10.6 Å². The summed E-state index contributed by atoms with van der Waals surface area (Å²) in [5.74, 6) is 0.444. The molecule has 0 aliphatic carbocycles. The first-order chi connectivity index (χ1) is 13.4. The Bertz CT molecular complexity index is 1080. The first-order valence-corrected chi connectivity index (χ1v) is 9.15. The molecule has 0 aliphatic rings. The van der Waals surface area contributed by atoms with Crippen LogP contribution in [0.25, 0.3) is 0 Å². The summed E-state index contributed by atoms with van der Waals surface area (Å²) in [6.07, 6.45) is 1.52. The molecule has 3 aromatic rings. The van der Waals surface area contributed by atoms with Crippen molar-refractivity contribution in [2.24, 2.45) is 7.05 Å². The van der Waals surface area contributed by atoms with Crippen LogP contribution in [0.3, 0.4) is 0 Å². The minimum Gasteiger partial charge on any atom is -0.497 e. The molecule has 0 unspecified atom stereocenters. The van der Waals surface area contributed by atoms with Gasteiger partial charge in [-0.1, -0.05) is 35.9 Å². The Balaban J connectivity index is 2.04. The number of nitrogens with zero attached hydrogens (tertiary/aromatic N) is 1. The summed E-state index contributed by atoms with van der Waals surface area (Å²) in [5, 5.41) is 3.61. The average Bonchev–Trinajstić information content (AvgIpc) is 2.69. The fourth-order valence-corrected chi connectivity index (χ4v) is 3.32. The SMILES string of the molecule is COc1ccc([C@H](NC(=O)c2ccc(=O)n(C)c2)c2ccccc2Cl)c(C)c1. The molecule has 0 radical (unpaired) electrons. The van der Waals surface area contributed by atoms with Crippen LogP contribution in [0, 0.1) is 6.92 Å². The number of carbonyl (C=O) groups excluding carboxylic acids is 1. The molecule has 1 heterocycles. The van der Waals surface area contributed by atoms with Crippen LogP contribution in [0.1, 0.15) is 33.1 Å². The maximum absolute atomic E-state index is 12.9. The van der Waals surface area contributed by atoms with Gasteiger partial charge in [-0.15, -0.1) is 0 Å². The molecule has 0 saturated heterocycles. The second-order valence-electron chi connectivity index (χ2n) is 6.52. The third-order valence-electron chi connectivity index (χ3n) is 4.63. The van der Waals surface area contributed by atoms with Crippen LogP contribution in [0.15, 0.2) is 65.6 Å². The second-order valence-corrected chi connectivity index (χ2v) is 6.92. The van der Waals surface area contributed by atoms with Gasteiger partial charge in [0, 0.05) is 24.3 Å². The normalized spacial score (nSPS) is 11.7. The van der Waals surface area contributed by atoms with Gasteiger partial charge >= 0.3 is 0 Å². The van der Waals surface area contributed by atoms with Crippen LogP contribution >= 0.6 is 11.6 Å². The quantitative estimate of drug-likeness (QED) is 0.712. The van der Waals surface area contributed by atoms with E-state index in [2.05, 4.69) is 5.32 Å². The van der Waals surface area contributed by atoms with Gasteiger partial charge in [0.1, 0.15) is 5.75 Å². The molecule has 6 heteroatoms. The number of pyridine rings is 1. The van der Waals surface area contributed by atoms with E-state index in [-0.39, 0.29) is 11.5 Å². The van der Waals surface area contributed by atoms with Crippen LogP contribution < -0.4 is 15.6 Å². The van der Waals surface area contributed by atoms with Crippen LogP contribution in [0.5, 0.6) is 5.75 Å². The van der Waals surface area contributed by atoms with Gasteiger partial charge in [0.2, 0.25) is 5.56 Å². The molecule has 2 aromatic carbocycles. The minimum atomic E-state index is -0.454. The standard InChI is InChI=1S/C22H21ClN2O3/c1-14-12-16(28-3)9-10-17(14)21(18-6-4-5-7-19(18)23)24-22(27)15-8-11-20(26)25(2)13-15/h4-13,21H,1-3H3,(H,24,27)/t21-/m0/s1. The van der Waals surface area contributed by atoms with Gasteiger partial charge in [-0.3, -0.25) is 9.59 Å². The highest BCUT2D eigenvalue weighted by Gasteiger charge is 2.22. The largest absolute Gasteiger partial charge is 0.497 e. The lowest BCUT2D eigenvalue weighted by Gasteiger charge is -2.23. The molecule has 0 aliphatic heterocycles. The highest BCUT2D eigenvalue weighted by molar-refractivity contribution is 6.31. The summed E-state index contributed by atoms with van der Waals surface area (Å²) in [5.41, 5.74) is 2.88. The molecule has 1 N–H and O–H groups in total. The van der Waals surface area contributed by atoms with E-state index >= 15 is 0 Å². The number of methoxy groups -OCH3 is 1. The molecule has 0 saturated carbocycles. The number of hydrogen-bond acceptors (Lipinski definition) is 3. The first-order valence-electron chi connectivity index (χ1n) is 8.77. The Labute approximate surface area is 168 Å². The van der Waals surface area contributed by atoms with Crippen LogP contribution in [-0.4, -0.2) is 17.6 Å². The lowest BCUT2D eigenvalue weighted by Crippen LogP contribution is -2.31. The topological polar surface area (TPSA) is 60.3 Å². The predicted molar refractivity (Wildman–Crippen MR) is 110 cm³/mol. The van der Waals surface area contributed by atoms with Crippen LogP contribution in [-0.2, 0) is 7.05 Å². The van der Waals surface area contributed by atoms with Crippen LogP contribution in [0.4, 0.5) is 0 Å². The van der Waals surface area contributed by atoms with Crippen molar-refractivity contribution in [3.05, 3.63) is 98.4 Å². The summed E-state index contributed by atoms with van der Waals surface area (Å²) >= 11 is 6.43. The number of halogens is 1. The van der Waals surface area contributed by atoms with Crippen molar-refractivity contribution in [3.63, 3.8) is 0 Å². The van der Waals surface area contributed by atoms with Gasteiger partial charge in [0.15, 0.2) is 0 Å². The lowest BCUT2D eigenvalue weighted by atomic mass is 9.94. The third kappa shape index (κ3) is 4.10. The monoisotopic (exact) mass is 396 g/mol. The van der Waals surface area contributed by atoms with E-state index in [0.717, 1.165) is 22.4 Å². The number of carbonyl (C=O) groups is 1. The predicted octanol–water partition coefficient (Wildman–Crippen LogP) is 3.88. The van der Waals surface area contributed by atoms with Crippen LogP contribution in [0.2, 0.25) is 5.02 Å². The Morgan fingerprint density at radius 1 is 1.11 bits per heavy atom. The number of ether oxygens (including phenoxy) is 1. The van der Waals surface area contributed by atoms with E-state index in [4.69, 9.17) is 16.3 Å². The van der Waals surface area contributed by atoms with E-state index in [1.165, 1.54) is 22.9 Å². The zero-order valence-corrected chi connectivity index (χ0v) is 16.7. The molecule has 1 atom stereocenters. The Hall–Kier alpha value is -3.05. The van der Waals surface area contributed by atoms with Crippen molar-refractivity contribution in [3.8, 4) is 5.75 Å². The minimum absolute atomic E-state index is 0.176. The van der Waals surface area contributed by atoms with Crippen molar-refractivity contribution in [1.29, 1.82) is 0 Å². The number of rotatable bonds is 5. The molecular weight excluding hydrogens is 376 g/mol. The van der Waals surface area contributed by atoms with Gasteiger partial charge < -0.3 is 14.6 Å². The molecule has 3 rings (SSSR count). The van der Waals surface area contributed by atoms with Gasteiger partial charge in [-0.2, -0.15) is 0 Å². The highest BCUT2D eigenvalue weighted by atomic mass is 35.5. The summed E-state index contributed by atoms with van der Waals surface area (Å²) in [4.78, 5) is 24.5. The number of aromatic nitrogens is 1. The zero-order valence-electron chi connectivity index (χ0n) is 15.9. The van der Waals surface area contributed by atoms with Crippen molar-refractivity contribution in [1.82, 2.24) is 9.88 Å². The van der Waals surface area contributed by atoms with E-state index in [9.17, 15) is 9.59 Å². The molecule has 0 fully saturated rings. The molecule has 5 nitrogen and oxygen atoms in total. The Morgan fingerprint density at radius 2 is 1.86 bits per heavy atom. The molecule has 1 aromatic heterocycles. The number of aryl methyl sites for hydroxylation is 2. The molecular formula is C22H21ClN2O3. The van der Waals surface area contributed by atoms with Crippen molar-refractivity contribution in [2.75, 3.05) is 7.11 Å².